The molecule has 1 aliphatic rings. The van der Waals surface area contributed by atoms with Crippen LogP contribution in [0.25, 0.3) is 0 Å². The highest BCUT2D eigenvalue weighted by molar-refractivity contribution is 5.75. The summed E-state index contributed by atoms with van der Waals surface area (Å²) in [5.41, 5.74) is 8.74. The van der Waals surface area contributed by atoms with Crippen molar-refractivity contribution in [1.29, 1.82) is 5.26 Å². The Morgan fingerprint density at radius 1 is 1.00 bits per heavy atom. The van der Waals surface area contributed by atoms with E-state index in [1.54, 1.807) is 44.6 Å². The van der Waals surface area contributed by atoms with Gasteiger partial charge in [0.25, 0.3) is 0 Å². The molecule has 4 rings (SSSR count). The van der Waals surface area contributed by atoms with Gasteiger partial charge in [-0.25, -0.2) is 0 Å². The molecule has 0 bridgehead atoms. The molecule has 1 aliphatic heterocycles. The van der Waals surface area contributed by atoms with Crippen molar-refractivity contribution in [2.75, 3.05) is 20.8 Å². The van der Waals surface area contributed by atoms with Crippen molar-refractivity contribution in [2.24, 2.45) is 5.73 Å². The molecule has 0 aromatic heterocycles. The van der Waals surface area contributed by atoms with Gasteiger partial charge in [0.05, 0.1) is 33.2 Å². The zero-order valence-electron chi connectivity index (χ0n) is 21.7. The summed E-state index contributed by atoms with van der Waals surface area (Å²) in [7, 11) is 3.16. The summed E-state index contributed by atoms with van der Waals surface area (Å²) < 4.78 is 27.9. The van der Waals surface area contributed by atoms with E-state index in [1.165, 1.54) is 0 Å². The molecule has 0 aliphatic carbocycles. The van der Waals surface area contributed by atoms with E-state index in [2.05, 4.69) is 13.0 Å². The number of esters is 1. The van der Waals surface area contributed by atoms with Crippen LogP contribution in [0.2, 0.25) is 0 Å². The van der Waals surface area contributed by atoms with Gasteiger partial charge in [-0.2, -0.15) is 5.26 Å². The quantitative estimate of drug-likeness (QED) is 0.222. The molecule has 0 radical (unpaired) electrons. The maximum Gasteiger partial charge on any atom is 0.315 e. The van der Waals surface area contributed by atoms with Gasteiger partial charge in [-0.15, -0.1) is 0 Å². The van der Waals surface area contributed by atoms with E-state index in [9.17, 15) is 10.1 Å². The molecule has 3 aromatic carbocycles. The van der Waals surface area contributed by atoms with Crippen LogP contribution in [0, 0.1) is 11.3 Å². The van der Waals surface area contributed by atoms with Crippen LogP contribution in [0.4, 0.5) is 0 Å². The molecule has 2 N–H and O–H groups in total. The predicted octanol–water partition coefficient (Wildman–Crippen LogP) is 5.25. The monoisotopic (exact) mass is 514 g/mol. The van der Waals surface area contributed by atoms with Gasteiger partial charge < -0.3 is 29.4 Å². The lowest BCUT2D eigenvalue weighted by Gasteiger charge is -2.27. The van der Waals surface area contributed by atoms with Crippen LogP contribution in [0.15, 0.2) is 72.1 Å². The Balaban J connectivity index is 1.58. The lowest BCUT2D eigenvalue weighted by molar-refractivity contribution is -0.133. The van der Waals surface area contributed by atoms with Gasteiger partial charge in [0.1, 0.15) is 28.9 Å². The first-order valence-electron chi connectivity index (χ1n) is 12.3. The van der Waals surface area contributed by atoms with Crippen LogP contribution in [-0.4, -0.2) is 26.8 Å². The minimum atomic E-state index is -0.494. The van der Waals surface area contributed by atoms with Crippen LogP contribution in [0.5, 0.6) is 28.7 Å². The maximum atomic E-state index is 12.6. The van der Waals surface area contributed by atoms with Crippen LogP contribution < -0.4 is 29.4 Å². The van der Waals surface area contributed by atoms with Gasteiger partial charge in [0, 0.05) is 11.6 Å². The number of hydrogen-bond acceptors (Lipinski definition) is 8. The molecular formula is C30H30N2O6. The smallest absolute Gasteiger partial charge is 0.315 e. The van der Waals surface area contributed by atoms with Crippen molar-refractivity contribution < 1.29 is 28.5 Å². The third-order valence-corrected chi connectivity index (χ3v) is 6.21. The molecule has 0 amide bonds. The Bertz CT molecular complexity index is 1370. The van der Waals surface area contributed by atoms with Crippen LogP contribution in [-0.2, 0) is 11.2 Å². The number of unbranched alkanes of at least 4 members (excludes halogenated alkanes) is 1. The Morgan fingerprint density at radius 2 is 1.76 bits per heavy atom. The van der Waals surface area contributed by atoms with E-state index in [0.29, 0.717) is 40.9 Å². The molecule has 1 atom stereocenters. The SMILES string of the molecule is CCCCOc1ccc(C2C(C#N)=C(N)Oc3cc(OC(=O)Cc4ccc(OC)cc4)ccc32)cc1OC. The number of ether oxygens (including phenoxy) is 5. The van der Waals surface area contributed by atoms with Gasteiger partial charge in [0.15, 0.2) is 11.5 Å². The predicted molar refractivity (Wildman–Crippen MR) is 141 cm³/mol. The molecule has 0 saturated heterocycles. The van der Waals surface area contributed by atoms with Crippen molar-refractivity contribution in [3.05, 3.63) is 88.8 Å². The minimum absolute atomic E-state index is 0.00560. The second kappa shape index (κ2) is 12.1. The summed E-state index contributed by atoms with van der Waals surface area (Å²) in [5, 5.41) is 9.89. The summed E-state index contributed by atoms with van der Waals surface area (Å²) in [6.07, 6.45) is 2.05. The Morgan fingerprint density at radius 3 is 2.45 bits per heavy atom. The number of rotatable bonds is 10. The largest absolute Gasteiger partial charge is 0.497 e. The molecule has 38 heavy (non-hydrogen) atoms. The van der Waals surface area contributed by atoms with E-state index in [0.717, 1.165) is 24.0 Å². The number of carbonyl (C=O) groups is 1. The standard InChI is InChI=1S/C30H30N2O6/c1-4-5-14-36-25-13-8-20(16-27(25)35-3)29-23-12-11-22(17-26(23)38-30(32)24(29)18-31)37-28(33)15-19-6-9-21(34-2)10-7-19/h6-13,16-17,29H,4-5,14-15,32H2,1-3H3. The van der Waals surface area contributed by atoms with E-state index in [4.69, 9.17) is 29.4 Å². The number of fused-ring (bicyclic) bond motifs is 1. The Hall–Kier alpha value is -4.64. The fourth-order valence-electron chi connectivity index (χ4n) is 4.23. The van der Waals surface area contributed by atoms with Crippen LogP contribution in [0.1, 0.15) is 42.4 Å². The van der Waals surface area contributed by atoms with Gasteiger partial charge in [-0.3, -0.25) is 4.79 Å². The van der Waals surface area contributed by atoms with E-state index < -0.39 is 11.9 Å². The number of hydrogen-bond donors (Lipinski definition) is 1. The highest BCUT2D eigenvalue weighted by Gasteiger charge is 2.31. The first-order chi connectivity index (χ1) is 18.5. The first-order valence-corrected chi connectivity index (χ1v) is 12.3. The van der Waals surface area contributed by atoms with Gasteiger partial charge in [0.2, 0.25) is 5.88 Å². The van der Waals surface area contributed by atoms with Crippen LogP contribution >= 0.6 is 0 Å². The summed E-state index contributed by atoms with van der Waals surface area (Å²) in [4.78, 5) is 12.6. The molecule has 8 heteroatoms. The number of nitriles is 1. The average molecular weight is 515 g/mol. The highest BCUT2D eigenvalue weighted by Crippen LogP contribution is 2.45. The first kappa shape index (κ1) is 26.4. The molecule has 1 unspecified atom stereocenters. The molecule has 3 aromatic rings. The summed E-state index contributed by atoms with van der Waals surface area (Å²) in [6.45, 7) is 2.68. The lowest BCUT2D eigenvalue weighted by atomic mass is 9.83. The fraction of sp³-hybridized carbons (Fsp3) is 0.267. The number of allylic oxidation sites excluding steroid dienone is 1. The van der Waals surface area contributed by atoms with E-state index in [1.807, 2.05) is 30.3 Å². The third kappa shape index (κ3) is 5.84. The molecule has 0 fully saturated rings. The number of nitrogens with zero attached hydrogens (tertiary/aromatic N) is 1. The van der Waals surface area contributed by atoms with Crippen LogP contribution in [0.3, 0.4) is 0 Å². The topological polar surface area (TPSA) is 113 Å². The molecule has 8 nitrogen and oxygen atoms in total. The van der Waals surface area contributed by atoms with Crippen molar-refractivity contribution in [3.8, 4) is 34.8 Å². The average Bonchev–Trinajstić information content (AvgIpc) is 2.93. The molecule has 196 valence electrons. The fourth-order valence-corrected chi connectivity index (χ4v) is 4.23. The Kier molecular flexibility index (Phi) is 8.39. The van der Waals surface area contributed by atoms with Gasteiger partial charge in [-0.05, 0) is 47.9 Å². The summed E-state index contributed by atoms with van der Waals surface area (Å²) in [5.74, 6) is 1.70. The molecule has 0 spiro atoms. The zero-order valence-corrected chi connectivity index (χ0v) is 21.7. The highest BCUT2D eigenvalue weighted by atomic mass is 16.5. The number of carbonyl (C=O) groups excluding carboxylic acids is 1. The third-order valence-electron chi connectivity index (χ3n) is 6.21. The van der Waals surface area contributed by atoms with Gasteiger partial charge >= 0.3 is 5.97 Å². The number of methoxy groups -OCH3 is 2. The normalized spacial score (nSPS) is 14.1. The van der Waals surface area contributed by atoms with Gasteiger partial charge in [-0.1, -0.05) is 37.6 Å². The minimum Gasteiger partial charge on any atom is -0.497 e. The Labute approximate surface area is 222 Å². The zero-order chi connectivity index (χ0) is 27.1. The second-order valence-corrected chi connectivity index (χ2v) is 8.74. The number of nitrogens with two attached hydrogens (primary N) is 1. The number of benzene rings is 3. The lowest BCUT2D eigenvalue weighted by Crippen LogP contribution is -2.21. The second-order valence-electron chi connectivity index (χ2n) is 8.74. The van der Waals surface area contributed by atoms with E-state index >= 15 is 0 Å². The van der Waals surface area contributed by atoms with Crippen molar-refractivity contribution >= 4 is 5.97 Å². The molecular weight excluding hydrogens is 484 g/mol. The van der Waals surface area contributed by atoms with Crippen molar-refractivity contribution in [2.45, 2.75) is 32.1 Å². The molecule has 0 saturated carbocycles. The van der Waals surface area contributed by atoms with Crippen molar-refractivity contribution in [3.63, 3.8) is 0 Å². The maximum absolute atomic E-state index is 12.6. The van der Waals surface area contributed by atoms with E-state index in [-0.39, 0.29) is 17.9 Å². The summed E-state index contributed by atoms with van der Waals surface area (Å²) >= 11 is 0. The summed E-state index contributed by atoms with van der Waals surface area (Å²) in [6, 6.07) is 20.0. The van der Waals surface area contributed by atoms with Crippen molar-refractivity contribution in [1.82, 2.24) is 0 Å². The molecule has 1 heterocycles.